The van der Waals surface area contributed by atoms with E-state index in [9.17, 15) is 14.7 Å². The van der Waals surface area contributed by atoms with Crippen LogP contribution in [0.3, 0.4) is 0 Å². The second-order valence-corrected chi connectivity index (χ2v) is 4.65. The Morgan fingerprint density at radius 1 is 1.44 bits per heavy atom. The van der Waals surface area contributed by atoms with Crippen LogP contribution in [-0.2, 0) is 4.79 Å². The van der Waals surface area contributed by atoms with Gasteiger partial charge in [-0.2, -0.15) is 0 Å². The van der Waals surface area contributed by atoms with Gasteiger partial charge in [0.2, 0.25) is 0 Å². The van der Waals surface area contributed by atoms with Gasteiger partial charge in [0.05, 0.1) is 16.8 Å². The van der Waals surface area contributed by atoms with Crippen molar-refractivity contribution < 1.29 is 14.7 Å². The summed E-state index contributed by atoms with van der Waals surface area (Å²) in [5, 5.41) is 12.2. The quantitative estimate of drug-likeness (QED) is 0.798. The summed E-state index contributed by atoms with van der Waals surface area (Å²) in [6.07, 6.45) is -0.950. The van der Waals surface area contributed by atoms with E-state index >= 15 is 0 Å². The molecule has 0 bridgehead atoms. The molecule has 1 aromatic rings. The number of amides is 3. The number of halogens is 1. The van der Waals surface area contributed by atoms with E-state index in [1.807, 2.05) is 0 Å². The van der Waals surface area contributed by atoms with E-state index < -0.39 is 24.1 Å². The van der Waals surface area contributed by atoms with Gasteiger partial charge in [0.1, 0.15) is 6.04 Å². The number of imide groups is 1. The molecule has 2 N–H and O–H groups in total. The lowest BCUT2D eigenvalue weighted by Crippen LogP contribution is -2.39. The zero-order valence-corrected chi connectivity index (χ0v) is 10.7. The van der Waals surface area contributed by atoms with E-state index in [4.69, 9.17) is 11.6 Å². The molecule has 18 heavy (non-hydrogen) atoms. The van der Waals surface area contributed by atoms with Crippen LogP contribution in [0.15, 0.2) is 18.2 Å². The largest absolute Gasteiger partial charge is 0.391 e. The molecule has 1 aromatic carbocycles. The molecule has 1 fully saturated rings. The maximum absolute atomic E-state index is 12.1. The first-order valence-corrected chi connectivity index (χ1v) is 5.89. The van der Waals surface area contributed by atoms with Gasteiger partial charge in [-0.3, -0.25) is 4.79 Å². The molecule has 2 atom stereocenters. The number of hydrogen-bond donors (Lipinski definition) is 2. The Kier molecular flexibility index (Phi) is 3.28. The number of anilines is 1. The normalized spacial score (nSPS) is 21.1. The van der Waals surface area contributed by atoms with Crippen molar-refractivity contribution in [3.8, 4) is 0 Å². The fourth-order valence-electron chi connectivity index (χ4n) is 1.94. The molecule has 0 saturated carbocycles. The number of hydrogen-bond acceptors (Lipinski definition) is 3. The second-order valence-electron chi connectivity index (χ2n) is 4.25. The van der Waals surface area contributed by atoms with Gasteiger partial charge in [0.25, 0.3) is 5.91 Å². The monoisotopic (exact) mass is 268 g/mol. The van der Waals surface area contributed by atoms with E-state index in [1.54, 1.807) is 25.1 Å². The van der Waals surface area contributed by atoms with Crippen LogP contribution >= 0.6 is 11.6 Å². The Morgan fingerprint density at radius 2 is 2.11 bits per heavy atom. The van der Waals surface area contributed by atoms with Crippen molar-refractivity contribution in [3.63, 3.8) is 0 Å². The number of nitrogens with one attached hydrogen (secondary N) is 1. The molecule has 3 amide bonds. The minimum atomic E-state index is -0.950. The fourth-order valence-corrected chi connectivity index (χ4v) is 2.25. The summed E-state index contributed by atoms with van der Waals surface area (Å²) in [5.74, 6) is -0.494. The number of para-hydroxylation sites is 1. The lowest BCUT2D eigenvalue weighted by atomic mass is 10.1. The first kappa shape index (κ1) is 12.9. The maximum atomic E-state index is 12.1. The number of carbonyl (C=O) groups is 2. The topological polar surface area (TPSA) is 69.6 Å². The van der Waals surface area contributed by atoms with Crippen molar-refractivity contribution in [2.45, 2.75) is 26.0 Å². The zero-order valence-electron chi connectivity index (χ0n) is 9.98. The molecule has 1 aliphatic heterocycles. The minimum absolute atomic E-state index is 0.324. The number of aliphatic hydroxyl groups excluding tert-OH is 1. The third-order valence-electron chi connectivity index (χ3n) is 2.86. The highest BCUT2D eigenvalue weighted by molar-refractivity contribution is 6.36. The average molecular weight is 269 g/mol. The van der Waals surface area contributed by atoms with Crippen LogP contribution < -0.4 is 10.2 Å². The van der Waals surface area contributed by atoms with Crippen molar-refractivity contribution >= 4 is 29.2 Å². The van der Waals surface area contributed by atoms with Crippen LogP contribution in [0.25, 0.3) is 0 Å². The molecular formula is C12H13ClN2O3. The third kappa shape index (κ3) is 1.95. The Morgan fingerprint density at radius 3 is 2.61 bits per heavy atom. The predicted octanol–water partition coefficient (Wildman–Crippen LogP) is 1.45. The van der Waals surface area contributed by atoms with Crippen LogP contribution in [0.2, 0.25) is 5.02 Å². The predicted molar refractivity (Wildman–Crippen MR) is 67.7 cm³/mol. The van der Waals surface area contributed by atoms with Gasteiger partial charge in [0, 0.05) is 0 Å². The molecule has 0 radical (unpaired) electrons. The van der Waals surface area contributed by atoms with Crippen molar-refractivity contribution in [3.05, 3.63) is 28.8 Å². The first-order chi connectivity index (χ1) is 8.43. The highest BCUT2D eigenvalue weighted by Gasteiger charge is 2.42. The summed E-state index contributed by atoms with van der Waals surface area (Å²) in [4.78, 5) is 24.9. The van der Waals surface area contributed by atoms with Crippen molar-refractivity contribution in [2.24, 2.45) is 0 Å². The summed E-state index contributed by atoms with van der Waals surface area (Å²) >= 11 is 6.03. The lowest BCUT2D eigenvalue weighted by Gasteiger charge is -2.17. The van der Waals surface area contributed by atoms with Gasteiger partial charge in [-0.05, 0) is 25.5 Å². The molecule has 1 aliphatic rings. The number of aliphatic hydroxyl groups is 1. The molecule has 0 aliphatic carbocycles. The van der Waals surface area contributed by atoms with Gasteiger partial charge in [-0.25, -0.2) is 9.69 Å². The molecule has 0 aromatic heterocycles. The first-order valence-electron chi connectivity index (χ1n) is 5.51. The number of carbonyl (C=O) groups excluding carboxylic acids is 2. The summed E-state index contributed by atoms with van der Waals surface area (Å²) in [7, 11) is 0. The summed E-state index contributed by atoms with van der Waals surface area (Å²) < 4.78 is 0. The maximum Gasteiger partial charge on any atom is 0.329 e. The van der Waals surface area contributed by atoms with E-state index in [0.717, 1.165) is 10.5 Å². The summed E-state index contributed by atoms with van der Waals surface area (Å²) in [6, 6.07) is 3.62. The molecule has 1 heterocycles. The minimum Gasteiger partial charge on any atom is -0.391 e. The van der Waals surface area contributed by atoms with Gasteiger partial charge in [-0.1, -0.05) is 23.7 Å². The molecule has 5 nitrogen and oxygen atoms in total. The number of benzene rings is 1. The van der Waals surface area contributed by atoms with Gasteiger partial charge < -0.3 is 10.4 Å². The van der Waals surface area contributed by atoms with Crippen LogP contribution in [0.4, 0.5) is 10.5 Å². The van der Waals surface area contributed by atoms with Gasteiger partial charge >= 0.3 is 6.03 Å². The van der Waals surface area contributed by atoms with Crippen molar-refractivity contribution in [2.75, 3.05) is 4.90 Å². The van der Waals surface area contributed by atoms with Crippen LogP contribution in [0.1, 0.15) is 12.5 Å². The molecule has 2 rings (SSSR count). The average Bonchev–Trinajstić information content (AvgIpc) is 2.56. The second kappa shape index (κ2) is 4.59. The number of urea groups is 1. The molecule has 0 spiro atoms. The van der Waals surface area contributed by atoms with Gasteiger partial charge in [-0.15, -0.1) is 0 Å². The molecule has 6 heteroatoms. The summed E-state index contributed by atoms with van der Waals surface area (Å²) in [5.41, 5.74) is 1.09. The van der Waals surface area contributed by atoms with Crippen molar-refractivity contribution in [1.29, 1.82) is 0 Å². The number of rotatable bonds is 2. The van der Waals surface area contributed by atoms with E-state index in [1.165, 1.54) is 6.92 Å². The van der Waals surface area contributed by atoms with E-state index in [-0.39, 0.29) is 0 Å². The van der Waals surface area contributed by atoms with Crippen LogP contribution in [0.5, 0.6) is 0 Å². The highest BCUT2D eigenvalue weighted by atomic mass is 35.5. The third-order valence-corrected chi connectivity index (χ3v) is 3.17. The SMILES string of the molecule is Cc1cccc(Cl)c1N1C(=O)N[C@H]([C@@H](C)O)C1=O. The molecule has 96 valence electrons. The Hall–Kier alpha value is -1.59. The van der Waals surface area contributed by atoms with Crippen molar-refractivity contribution in [1.82, 2.24) is 5.32 Å². The van der Waals surface area contributed by atoms with E-state index in [2.05, 4.69) is 5.32 Å². The standard InChI is InChI=1S/C12H13ClN2O3/c1-6-4-3-5-8(13)10(6)15-11(17)9(7(2)16)14-12(15)18/h3-5,7,9,16H,1-2H3,(H,14,18)/t7-,9-/m1/s1. The Bertz CT molecular complexity index is 496. The number of nitrogens with zero attached hydrogens (tertiary/aromatic N) is 1. The zero-order chi connectivity index (χ0) is 13.4. The summed E-state index contributed by atoms with van der Waals surface area (Å²) in [6.45, 7) is 3.21. The molecule has 0 unspecified atom stereocenters. The molecular weight excluding hydrogens is 256 g/mol. The molecule has 1 saturated heterocycles. The highest BCUT2D eigenvalue weighted by Crippen LogP contribution is 2.31. The fraction of sp³-hybridized carbons (Fsp3) is 0.333. The van der Waals surface area contributed by atoms with Gasteiger partial charge in [0.15, 0.2) is 0 Å². The van der Waals surface area contributed by atoms with Crippen LogP contribution in [0, 0.1) is 6.92 Å². The smallest absolute Gasteiger partial charge is 0.329 e. The van der Waals surface area contributed by atoms with E-state index in [0.29, 0.717) is 10.7 Å². The Labute approximate surface area is 109 Å². The number of aryl methyl sites for hydroxylation is 1. The van der Waals surface area contributed by atoms with Crippen LogP contribution in [-0.4, -0.2) is 29.2 Å². The lowest BCUT2D eigenvalue weighted by molar-refractivity contribution is -0.120. The Balaban J connectivity index is 2.46.